The van der Waals surface area contributed by atoms with Crippen LogP contribution in [0.4, 0.5) is 5.69 Å². The lowest BCUT2D eigenvalue weighted by atomic mass is 9.70. The first-order valence-corrected chi connectivity index (χ1v) is 13.1. The van der Waals surface area contributed by atoms with Gasteiger partial charge in [-0.2, -0.15) is 0 Å². The van der Waals surface area contributed by atoms with E-state index in [-0.39, 0.29) is 0 Å². The standard InChI is InChI=1S/C27H43N3/c1-2-4-7-24(6-3-1)28-22-23-10-12-26(13-11-23)30-20-16-27(17-21-30)14-18-29(19-15-27)25-8-5-9-25/h10-13,24-25,28H,1-9,14-22H2. The molecule has 166 valence electrons. The first-order valence-electron chi connectivity index (χ1n) is 13.1. The summed E-state index contributed by atoms with van der Waals surface area (Å²) in [6.07, 6.45) is 18.5. The maximum atomic E-state index is 3.82. The van der Waals surface area contributed by atoms with Gasteiger partial charge in [-0.05, 0) is 87.6 Å². The number of nitrogens with one attached hydrogen (secondary N) is 1. The third-order valence-corrected chi connectivity index (χ3v) is 9.03. The molecule has 2 aliphatic carbocycles. The molecule has 1 N–H and O–H groups in total. The summed E-state index contributed by atoms with van der Waals surface area (Å²) in [7, 11) is 0. The summed E-state index contributed by atoms with van der Waals surface area (Å²) < 4.78 is 0. The predicted octanol–water partition coefficient (Wildman–Crippen LogP) is 5.73. The van der Waals surface area contributed by atoms with Crippen LogP contribution in [0.25, 0.3) is 0 Å². The number of nitrogens with zero attached hydrogens (tertiary/aromatic N) is 2. The second kappa shape index (κ2) is 9.61. The number of likely N-dealkylation sites (tertiary alicyclic amines) is 1. The molecule has 3 heteroatoms. The Morgan fingerprint density at radius 3 is 1.97 bits per heavy atom. The zero-order valence-corrected chi connectivity index (χ0v) is 19.1. The van der Waals surface area contributed by atoms with Crippen molar-refractivity contribution in [3.8, 4) is 0 Å². The molecule has 0 bridgehead atoms. The van der Waals surface area contributed by atoms with E-state index in [4.69, 9.17) is 0 Å². The molecule has 30 heavy (non-hydrogen) atoms. The van der Waals surface area contributed by atoms with Crippen LogP contribution < -0.4 is 10.2 Å². The molecule has 2 heterocycles. The normalized spacial score (nSPS) is 26.5. The zero-order valence-electron chi connectivity index (χ0n) is 19.1. The van der Waals surface area contributed by atoms with Crippen molar-refractivity contribution in [2.45, 2.75) is 102 Å². The lowest BCUT2D eigenvalue weighted by Gasteiger charge is -2.50. The van der Waals surface area contributed by atoms with Gasteiger partial charge in [0, 0.05) is 37.4 Å². The Morgan fingerprint density at radius 1 is 0.733 bits per heavy atom. The maximum Gasteiger partial charge on any atom is 0.0366 e. The number of hydrogen-bond acceptors (Lipinski definition) is 3. The van der Waals surface area contributed by atoms with Crippen molar-refractivity contribution in [2.24, 2.45) is 5.41 Å². The molecule has 2 aliphatic heterocycles. The van der Waals surface area contributed by atoms with E-state index < -0.39 is 0 Å². The molecule has 1 spiro atoms. The van der Waals surface area contributed by atoms with Crippen LogP contribution in [0.15, 0.2) is 24.3 Å². The monoisotopic (exact) mass is 409 g/mol. The molecular weight excluding hydrogens is 366 g/mol. The van der Waals surface area contributed by atoms with Crippen LogP contribution in [0.2, 0.25) is 0 Å². The van der Waals surface area contributed by atoms with Gasteiger partial charge < -0.3 is 15.1 Å². The Labute approximate surface area is 184 Å². The molecule has 3 nitrogen and oxygen atoms in total. The summed E-state index contributed by atoms with van der Waals surface area (Å²) in [4.78, 5) is 5.45. The third kappa shape index (κ3) is 4.88. The van der Waals surface area contributed by atoms with E-state index in [1.807, 2.05) is 0 Å². The van der Waals surface area contributed by atoms with Crippen molar-refractivity contribution in [1.29, 1.82) is 0 Å². The van der Waals surface area contributed by atoms with Gasteiger partial charge in [0.2, 0.25) is 0 Å². The molecule has 0 aromatic heterocycles. The highest BCUT2D eigenvalue weighted by molar-refractivity contribution is 5.48. The van der Waals surface area contributed by atoms with Gasteiger partial charge in [0.1, 0.15) is 0 Å². The van der Waals surface area contributed by atoms with Crippen LogP contribution in [-0.2, 0) is 6.54 Å². The number of anilines is 1. The highest BCUT2D eigenvalue weighted by atomic mass is 15.2. The first-order chi connectivity index (χ1) is 14.8. The molecule has 4 fully saturated rings. The van der Waals surface area contributed by atoms with Crippen molar-refractivity contribution in [3.63, 3.8) is 0 Å². The predicted molar refractivity (Wildman–Crippen MR) is 127 cm³/mol. The van der Waals surface area contributed by atoms with Crippen molar-refractivity contribution in [2.75, 3.05) is 31.1 Å². The van der Waals surface area contributed by atoms with Gasteiger partial charge in [-0.3, -0.25) is 0 Å². The molecule has 2 saturated heterocycles. The molecule has 4 aliphatic rings. The minimum Gasteiger partial charge on any atom is -0.371 e. The summed E-state index contributed by atoms with van der Waals surface area (Å²) in [5, 5.41) is 3.82. The first kappa shape index (κ1) is 20.8. The summed E-state index contributed by atoms with van der Waals surface area (Å²) in [5.74, 6) is 0. The van der Waals surface area contributed by atoms with Crippen molar-refractivity contribution in [1.82, 2.24) is 10.2 Å². The van der Waals surface area contributed by atoms with E-state index in [0.29, 0.717) is 5.41 Å². The average Bonchev–Trinajstić information content (AvgIpc) is 3.03. The summed E-state index contributed by atoms with van der Waals surface area (Å²) >= 11 is 0. The molecular formula is C27H43N3. The number of rotatable bonds is 5. The van der Waals surface area contributed by atoms with E-state index >= 15 is 0 Å². The molecule has 0 unspecified atom stereocenters. The smallest absolute Gasteiger partial charge is 0.0366 e. The fourth-order valence-electron chi connectivity index (χ4n) is 6.42. The largest absolute Gasteiger partial charge is 0.371 e. The highest BCUT2D eigenvalue weighted by Crippen LogP contribution is 2.43. The lowest BCUT2D eigenvalue weighted by molar-refractivity contribution is 0.0306. The van der Waals surface area contributed by atoms with Crippen molar-refractivity contribution < 1.29 is 0 Å². The fraction of sp³-hybridized carbons (Fsp3) is 0.778. The average molecular weight is 410 g/mol. The van der Waals surface area contributed by atoms with Crippen molar-refractivity contribution in [3.05, 3.63) is 29.8 Å². The fourth-order valence-corrected chi connectivity index (χ4v) is 6.42. The van der Waals surface area contributed by atoms with Gasteiger partial charge in [-0.15, -0.1) is 0 Å². The molecule has 0 radical (unpaired) electrons. The summed E-state index contributed by atoms with van der Waals surface area (Å²) in [6.45, 7) is 6.28. The Bertz CT molecular complexity index is 639. The van der Waals surface area contributed by atoms with Crippen LogP contribution >= 0.6 is 0 Å². The Morgan fingerprint density at radius 2 is 1.37 bits per heavy atom. The molecule has 2 saturated carbocycles. The second-order valence-corrected chi connectivity index (χ2v) is 10.8. The van der Waals surface area contributed by atoms with Gasteiger partial charge in [-0.25, -0.2) is 0 Å². The minimum absolute atomic E-state index is 0.652. The topological polar surface area (TPSA) is 18.5 Å². The van der Waals surface area contributed by atoms with E-state index in [2.05, 4.69) is 39.4 Å². The Balaban J connectivity index is 1.08. The summed E-state index contributed by atoms with van der Waals surface area (Å²) in [6, 6.07) is 11.2. The number of piperidine rings is 2. The zero-order chi connectivity index (χ0) is 20.2. The highest BCUT2D eigenvalue weighted by Gasteiger charge is 2.39. The van der Waals surface area contributed by atoms with Crippen LogP contribution in [0.3, 0.4) is 0 Å². The number of hydrogen-bond donors (Lipinski definition) is 1. The minimum atomic E-state index is 0.652. The summed E-state index contributed by atoms with van der Waals surface area (Å²) in [5.41, 5.74) is 3.54. The Hall–Kier alpha value is -1.06. The van der Waals surface area contributed by atoms with Gasteiger partial charge in [0.15, 0.2) is 0 Å². The van der Waals surface area contributed by atoms with Gasteiger partial charge in [-0.1, -0.05) is 44.2 Å². The molecule has 0 amide bonds. The Kier molecular flexibility index (Phi) is 6.67. The van der Waals surface area contributed by atoms with E-state index in [9.17, 15) is 0 Å². The second-order valence-electron chi connectivity index (χ2n) is 10.8. The van der Waals surface area contributed by atoms with Gasteiger partial charge in [0.05, 0.1) is 0 Å². The van der Waals surface area contributed by atoms with E-state index in [0.717, 1.165) is 18.6 Å². The van der Waals surface area contributed by atoms with Gasteiger partial charge in [0.25, 0.3) is 0 Å². The van der Waals surface area contributed by atoms with Crippen LogP contribution in [0.5, 0.6) is 0 Å². The third-order valence-electron chi connectivity index (χ3n) is 9.03. The van der Waals surface area contributed by atoms with Crippen LogP contribution in [-0.4, -0.2) is 43.2 Å². The van der Waals surface area contributed by atoms with E-state index in [1.54, 1.807) is 0 Å². The SMILES string of the molecule is c1cc(N2CCC3(CC2)CCN(C2CCC2)CC3)ccc1CNC1CCCCCC1. The van der Waals surface area contributed by atoms with Crippen molar-refractivity contribution >= 4 is 5.69 Å². The maximum absolute atomic E-state index is 3.82. The van der Waals surface area contributed by atoms with Crippen LogP contribution in [0.1, 0.15) is 89.0 Å². The molecule has 5 rings (SSSR count). The van der Waals surface area contributed by atoms with E-state index in [1.165, 1.54) is 121 Å². The lowest BCUT2D eigenvalue weighted by Crippen LogP contribution is -2.50. The number of benzene rings is 1. The molecule has 0 atom stereocenters. The van der Waals surface area contributed by atoms with Gasteiger partial charge >= 0.3 is 0 Å². The quantitative estimate of drug-likeness (QED) is 0.626. The van der Waals surface area contributed by atoms with Crippen LogP contribution in [0, 0.1) is 5.41 Å². The molecule has 1 aromatic rings. The molecule has 1 aromatic carbocycles.